The number of amides is 1. The molecular weight excluding hydrogens is 300 g/mol. The molecule has 1 aromatic rings. The van der Waals surface area contributed by atoms with Crippen LogP contribution in [0.3, 0.4) is 0 Å². The van der Waals surface area contributed by atoms with Crippen LogP contribution >= 0.6 is 0 Å². The van der Waals surface area contributed by atoms with E-state index in [1.807, 2.05) is 11.8 Å². The Morgan fingerprint density at radius 2 is 1.96 bits per heavy atom. The third-order valence-corrected chi connectivity index (χ3v) is 3.76. The number of esters is 1. The van der Waals surface area contributed by atoms with E-state index in [2.05, 4.69) is 5.32 Å². The van der Waals surface area contributed by atoms with Crippen molar-refractivity contribution in [3.63, 3.8) is 0 Å². The van der Waals surface area contributed by atoms with Crippen molar-refractivity contribution in [3.05, 3.63) is 18.2 Å². The topological polar surface area (TPSA) is 77.1 Å². The third-order valence-electron chi connectivity index (χ3n) is 3.76. The van der Waals surface area contributed by atoms with Crippen molar-refractivity contribution < 1.29 is 23.8 Å². The highest BCUT2D eigenvalue weighted by molar-refractivity contribution is 5.94. The molecule has 1 N–H and O–H groups in total. The normalized spacial score (nSPS) is 18.2. The first-order valence-electron chi connectivity index (χ1n) is 7.51. The Morgan fingerprint density at radius 1 is 1.30 bits per heavy atom. The average Bonchev–Trinajstić information content (AvgIpc) is 2.56. The minimum Gasteiger partial charge on any atom is -0.497 e. The molecule has 126 valence electrons. The first-order valence-corrected chi connectivity index (χ1v) is 7.51. The molecule has 1 amide bonds. The summed E-state index contributed by atoms with van der Waals surface area (Å²) >= 11 is 0. The second-order valence-corrected chi connectivity index (χ2v) is 5.17. The highest BCUT2D eigenvalue weighted by atomic mass is 16.5. The van der Waals surface area contributed by atoms with Crippen LogP contribution in [-0.4, -0.2) is 56.7 Å². The lowest BCUT2D eigenvalue weighted by atomic mass is 10.1. The van der Waals surface area contributed by atoms with Crippen LogP contribution < -0.4 is 14.8 Å². The number of benzene rings is 1. The molecular formula is C16H22N2O5. The number of hydrogen-bond acceptors (Lipinski definition) is 6. The monoisotopic (exact) mass is 322 g/mol. The number of methoxy groups -OCH3 is 2. The Bertz CT molecular complexity index is 553. The molecule has 1 atom stereocenters. The molecule has 2 rings (SSSR count). The molecule has 0 saturated carbocycles. The first kappa shape index (κ1) is 17.1. The summed E-state index contributed by atoms with van der Waals surface area (Å²) < 4.78 is 15.4. The number of nitrogens with zero attached hydrogens (tertiary/aromatic N) is 1. The van der Waals surface area contributed by atoms with Gasteiger partial charge in [0.1, 0.15) is 24.1 Å². The number of nitrogens with one attached hydrogen (secondary N) is 1. The molecule has 0 bridgehead atoms. The second kappa shape index (κ2) is 7.82. The van der Waals surface area contributed by atoms with Crippen molar-refractivity contribution in [1.82, 2.24) is 4.90 Å². The molecule has 0 radical (unpaired) electrons. The molecule has 1 aliphatic rings. The summed E-state index contributed by atoms with van der Waals surface area (Å²) in [6.07, 6.45) is 0.0478. The summed E-state index contributed by atoms with van der Waals surface area (Å²) in [5.74, 6) is 0.540. The van der Waals surface area contributed by atoms with Gasteiger partial charge >= 0.3 is 5.97 Å². The summed E-state index contributed by atoms with van der Waals surface area (Å²) in [6, 6.07) is 4.56. The fourth-order valence-corrected chi connectivity index (χ4v) is 2.52. The van der Waals surface area contributed by atoms with E-state index in [-0.39, 0.29) is 18.3 Å². The molecule has 1 aliphatic heterocycles. The lowest BCUT2D eigenvalue weighted by Crippen LogP contribution is -2.50. The molecule has 0 aromatic heterocycles. The van der Waals surface area contributed by atoms with Crippen LogP contribution in [0, 0.1) is 0 Å². The van der Waals surface area contributed by atoms with Crippen LogP contribution in [0.4, 0.5) is 5.69 Å². The summed E-state index contributed by atoms with van der Waals surface area (Å²) in [5.41, 5.74) is 0.554. The largest absolute Gasteiger partial charge is 0.497 e. The minimum atomic E-state index is -0.541. The molecule has 1 saturated heterocycles. The standard InChI is InChI=1S/C16H22N2O5/c1-4-18-5-6-23-16(20)14(18)10-15(19)17-11-7-12(21-2)9-13(8-11)22-3/h7-9,14H,4-6,10H2,1-3H3,(H,17,19)/t14-/m1/s1. The quantitative estimate of drug-likeness (QED) is 0.795. The van der Waals surface area contributed by atoms with Gasteiger partial charge in [-0.15, -0.1) is 0 Å². The van der Waals surface area contributed by atoms with Gasteiger partial charge in [0.2, 0.25) is 5.91 Å². The van der Waals surface area contributed by atoms with Crippen molar-refractivity contribution in [3.8, 4) is 11.5 Å². The van der Waals surface area contributed by atoms with E-state index in [0.29, 0.717) is 36.9 Å². The molecule has 7 heteroatoms. The zero-order valence-corrected chi connectivity index (χ0v) is 13.6. The zero-order valence-electron chi connectivity index (χ0n) is 13.6. The van der Waals surface area contributed by atoms with Gasteiger partial charge in [0.05, 0.1) is 20.6 Å². The van der Waals surface area contributed by atoms with E-state index < -0.39 is 6.04 Å². The van der Waals surface area contributed by atoms with Crippen LogP contribution in [0.1, 0.15) is 13.3 Å². The SMILES string of the molecule is CCN1CCOC(=O)[C@H]1CC(=O)Nc1cc(OC)cc(OC)c1. The number of anilines is 1. The zero-order chi connectivity index (χ0) is 16.8. The molecule has 1 aromatic carbocycles. The first-order chi connectivity index (χ1) is 11.1. The lowest BCUT2D eigenvalue weighted by molar-refractivity contribution is -0.158. The number of cyclic esters (lactones) is 1. The van der Waals surface area contributed by atoms with Crippen LogP contribution in [0.15, 0.2) is 18.2 Å². The number of hydrogen-bond donors (Lipinski definition) is 1. The molecule has 0 unspecified atom stereocenters. The third kappa shape index (κ3) is 4.35. The van der Waals surface area contributed by atoms with E-state index in [1.54, 1.807) is 18.2 Å². The van der Waals surface area contributed by atoms with Gasteiger partial charge < -0.3 is 19.5 Å². The van der Waals surface area contributed by atoms with E-state index in [1.165, 1.54) is 14.2 Å². The fraction of sp³-hybridized carbons (Fsp3) is 0.500. The van der Waals surface area contributed by atoms with Crippen molar-refractivity contribution >= 4 is 17.6 Å². The molecule has 23 heavy (non-hydrogen) atoms. The number of carbonyl (C=O) groups is 2. The van der Waals surface area contributed by atoms with Gasteiger partial charge in [-0.25, -0.2) is 0 Å². The van der Waals surface area contributed by atoms with Crippen LogP contribution in [0.25, 0.3) is 0 Å². The van der Waals surface area contributed by atoms with Gasteiger partial charge in [0, 0.05) is 30.4 Å². The summed E-state index contributed by atoms with van der Waals surface area (Å²) in [7, 11) is 3.08. The van der Waals surface area contributed by atoms with Gasteiger partial charge in [-0.2, -0.15) is 0 Å². The van der Waals surface area contributed by atoms with Crippen LogP contribution in [-0.2, 0) is 14.3 Å². The molecule has 7 nitrogen and oxygen atoms in total. The predicted octanol–water partition coefficient (Wildman–Crippen LogP) is 1.28. The highest BCUT2D eigenvalue weighted by Crippen LogP contribution is 2.26. The van der Waals surface area contributed by atoms with E-state index in [4.69, 9.17) is 14.2 Å². The van der Waals surface area contributed by atoms with Gasteiger partial charge in [-0.3, -0.25) is 14.5 Å². The average molecular weight is 322 g/mol. The Morgan fingerprint density at radius 3 is 2.52 bits per heavy atom. The Labute approximate surface area is 135 Å². The number of ether oxygens (including phenoxy) is 3. The Hall–Kier alpha value is -2.28. The number of carbonyl (C=O) groups excluding carboxylic acids is 2. The number of rotatable bonds is 6. The van der Waals surface area contributed by atoms with Crippen LogP contribution in [0.5, 0.6) is 11.5 Å². The molecule has 0 spiro atoms. The van der Waals surface area contributed by atoms with Crippen molar-refractivity contribution in [2.75, 3.05) is 39.2 Å². The molecule has 1 heterocycles. The van der Waals surface area contributed by atoms with Gasteiger partial charge in [0.25, 0.3) is 0 Å². The highest BCUT2D eigenvalue weighted by Gasteiger charge is 2.32. The summed E-state index contributed by atoms with van der Waals surface area (Å²) in [4.78, 5) is 26.1. The maximum atomic E-state index is 12.3. The Kier molecular flexibility index (Phi) is 5.81. The maximum Gasteiger partial charge on any atom is 0.323 e. The number of morpholine rings is 1. The molecule has 1 fully saturated rings. The fourth-order valence-electron chi connectivity index (χ4n) is 2.52. The van der Waals surface area contributed by atoms with Gasteiger partial charge in [0.15, 0.2) is 0 Å². The lowest BCUT2D eigenvalue weighted by Gasteiger charge is -2.32. The number of likely N-dealkylation sites (N-methyl/N-ethyl adjacent to an activating group) is 1. The van der Waals surface area contributed by atoms with Gasteiger partial charge in [-0.05, 0) is 6.54 Å². The minimum absolute atomic E-state index is 0.0478. The maximum absolute atomic E-state index is 12.3. The predicted molar refractivity (Wildman–Crippen MR) is 84.8 cm³/mol. The summed E-state index contributed by atoms with van der Waals surface area (Å²) in [6.45, 7) is 3.67. The van der Waals surface area contributed by atoms with Crippen LogP contribution in [0.2, 0.25) is 0 Å². The van der Waals surface area contributed by atoms with Crippen molar-refractivity contribution in [2.24, 2.45) is 0 Å². The van der Waals surface area contributed by atoms with Crippen molar-refractivity contribution in [1.29, 1.82) is 0 Å². The second-order valence-electron chi connectivity index (χ2n) is 5.17. The van der Waals surface area contributed by atoms with E-state index in [9.17, 15) is 9.59 Å². The Balaban J connectivity index is 2.05. The summed E-state index contributed by atoms with van der Waals surface area (Å²) in [5, 5.41) is 2.77. The smallest absolute Gasteiger partial charge is 0.323 e. The van der Waals surface area contributed by atoms with E-state index in [0.717, 1.165) is 0 Å². The molecule has 0 aliphatic carbocycles. The van der Waals surface area contributed by atoms with E-state index >= 15 is 0 Å². The van der Waals surface area contributed by atoms with Gasteiger partial charge in [-0.1, -0.05) is 6.92 Å². The van der Waals surface area contributed by atoms with Crippen molar-refractivity contribution in [2.45, 2.75) is 19.4 Å².